The van der Waals surface area contributed by atoms with Gasteiger partial charge in [0.15, 0.2) is 0 Å². The average Bonchev–Trinajstić information content (AvgIpc) is 2.42. The summed E-state index contributed by atoms with van der Waals surface area (Å²) in [4.78, 5) is 71.6. The van der Waals surface area contributed by atoms with Crippen molar-refractivity contribution in [1.29, 1.82) is 0 Å². The van der Waals surface area contributed by atoms with Crippen LogP contribution in [0.3, 0.4) is 0 Å². The Morgan fingerprint density at radius 3 is 1.21 bits per heavy atom. The van der Waals surface area contributed by atoms with Gasteiger partial charge < -0.3 is 49.4 Å². The highest BCUT2D eigenvalue weighted by Crippen LogP contribution is 2.52. The van der Waals surface area contributed by atoms with E-state index in [2.05, 4.69) is 18.1 Å². The van der Waals surface area contributed by atoms with Crippen molar-refractivity contribution in [1.82, 2.24) is 0 Å². The van der Waals surface area contributed by atoms with Crippen LogP contribution in [0.4, 0.5) is 0 Å². The summed E-state index contributed by atoms with van der Waals surface area (Å²) in [5.41, 5.74) is 0. The second-order valence-corrected chi connectivity index (χ2v) is 9.61. The van der Waals surface area contributed by atoms with Crippen LogP contribution in [0.25, 0.3) is 0 Å². The van der Waals surface area contributed by atoms with Gasteiger partial charge in [-0.05, 0) is 0 Å². The molecule has 168 valence electrons. The summed E-state index contributed by atoms with van der Waals surface area (Å²) < 4.78 is 76.2. The number of phosphoric ester groups is 4. The molecule has 0 unspecified atom stereocenters. The quantitative estimate of drug-likeness (QED) is 0.145. The van der Waals surface area contributed by atoms with Gasteiger partial charge in [-0.25, -0.2) is 18.3 Å². The Balaban J connectivity index is 3.85. The minimum Gasteiger partial charge on any atom is -0.387 e. The third-order valence-electron chi connectivity index (χ3n) is 2.66. The van der Waals surface area contributed by atoms with Gasteiger partial charge in [-0.3, -0.25) is 18.1 Å². The van der Waals surface area contributed by atoms with E-state index in [1.54, 1.807) is 0 Å². The summed E-state index contributed by atoms with van der Waals surface area (Å²) in [6.07, 6.45) is -21.0. The molecule has 1 saturated carbocycles. The third-order valence-corrected chi connectivity index (χ3v) is 4.55. The van der Waals surface area contributed by atoms with Crippen molar-refractivity contribution in [3.05, 3.63) is 0 Å². The van der Waals surface area contributed by atoms with Gasteiger partial charge in [0, 0.05) is 0 Å². The molecule has 0 heterocycles. The molecule has 0 amide bonds. The van der Waals surface area contributed by atoms with Gasteiger partial charge >= 0.3 is 31.3 Å². The Kier molecular flexibility index (Phi) is 7.28. The maximum Gasteiger partial charge on any atom is 0.470 e. The molecule has 28 heavy (non-hydrogen) atoms. The first-order valence-electron chi connectivity index (χ1n) is 7.28. The molecule has 6 atom stereocenters. The van der Waals surface area contributed by atoms with Crippen LogP contribution in [-0.4, -0.2) is 85.9 Å². The third kappa shape index (κ3) is 8.62. The van der Waals surface area contributed by atoms with E-state index in [1.807, 2.05) is 0 Å². The molecule has 0 aromatic rings. The molecule has 1 aliphatic rings. The molecule has 1 rings (SSSR count). The van der Waals surface area contributed by atoms with E-state index >= 15 is 0 Å². The number of aliphatic hydroxyl groups is 2. The molecule has 0 aliphatic heterocycles. The van der Waals surface area contributed by atoms with Crippen LogP contribution in [0.1, 0.15) is 2.74 Å². The molecule has 0 aromatic heterocycles. The number of rotatable bonds is 8. The molecule has 0 spiro atoms. The minimum absolute atomic E-state index is 3.04. The molecule has 22 heteroatoms. The molecule has 0 bridgehead atoms. The van der Waals surface area contributed by atoms with Crippen molar-refractivity contribution in [2.75, 3.05) is 0 Å². The van der Waals surface area contributed by atoms with E-state index < -0.39 is 67.9 Å². The van der Waals surface area contributed by atoms with Gasteiger partial charge in [-0.2, -0.15) is 0 Å². The molecule has 18 nitrogen and oxygen atoms in total. The number of hydrogen-bond acceptors (Lipinski definition) is 10. The fourth-order valence-electron chi connectivity index (χ4n) is 1.93. The van der Waals surface area contributed by atoms with E-state index in [-0.39, 0.29) is 0 Å². The summed E-state index contributed by atoms with van der Waals surface area (Å²) in [6.45, 7) is 0. The van der Waals surface area contributed by atoms with Gasteiger partial charge in [0.2, 0.25) is 0 Å². The lowest BCUT2D eigenvalue weighted by molar-refractivity contribution is -0.209. The van der Waals surface area contributed by atoms with Crippen LogP contribution in [0.15, 0.2) is 0 Å². The van der Waals surface area contributed by atoms with Gasteiger partial charge in [-0.1, -0.05) is 0 Å². The monoisotopic (exact) mass is 502 g/mol. The van der Waals surface area contributed by atoms with Gasteiger partial charge in [0.25, 0.3) is 0 Å². The highest BCUT2D eigenvalue weighted by molar-refractivity contribution is 7.47. The van der Waals surface area contributed by atoms with Crippen LogP contribution >= 0.6 is 31.3 Å². The smallest absolute Gasteiger partial charge is 0.387 e. The predicted octanol–water partition coefficient (Wildman–Crippen LogP) is -3.37. The number of hydrogen-bond donors (Lipinski definition) is 10. The maximum absolute atomic E-state index is 11.3. The van der Waals surface area contributed by atoms with E-state index in [9.17, 15) is 28.5 Å². The second kappa shape index (κ2) is 8.85. The van der Waals surface area contributed by atoms with Crippen LogP contribution in [-0.2, 0) is 36.4 Å². The van der Waals surface area contributed by atoms with Gasteiger partial charge in [-0.15, -0.1) is 0 Å². The Morgan fingerprint density at radius 1 is 0.536 bits per heavy atom. The van der Waals surface area contributed by atoms with Crippen molar-refractivity contribution >= 4 is 31.3 Å². The Hall–Kier alpha value is 0.360. The predicted molar refractivity (Wildman–Crippen MR) is 79.7 cm³/mol. The zero-order valence-corrected chi connectivity index (χ0v) is 16.4. The van der Waals surface area contributed by atoms with Crippen molar-refractivity contribution in [2.24, 2.45) is 0 Å². The first-order valence-corrected chi connectivity index (χ1v) is 12.4. The van der Waals surface area contributed by atoms with Crippen LogP contribution in [0.5, 0.6) is 0 Å². The SMILES string of the molecule is [2H][C@]1(OP(=O)(O)O)[C@H](OP(=O)(O)O)[C@@]([2H])(OP(=O)(O)O)[C@H](OP(=O)(O)O)[C@@H](O)[C@H]1O. The Bertz CT molecular complexity index is 827. The van der Waals surface area contributed by atoms with Crippen molar-refractivity contribution in [3.63, 3.8) is 0 Å². The zero-order chi connectivity index (χ0) is 24.1. The van der Waals surface area contributed by atoms with Crippen LogP contribution in [0, 0.1) is 0 Å². The lowest BCUT2D eigenvalue weighted by Crippen LogP contribution is -2.65. The summed E-state index contributed by atoms with van der Waals surface area (Å²) in [6, 6.07) is 0. The molecular weight excluding hydrogens is 484 g/mol. The summed E-state index contributed by atoms with van der Waals surface area (Å²) in [5.74, 6) is 0. The standard InChI is InChI=1S/C6H16O18P4/c7-1-2(8)4(22-26(12,13)14)6(24-28(18,19)20)5(23-27(15,16)17)3(1)21-25(9,10)11/h1-8H,(H2,9,10,11)(H2,12,13,14)(H2,15,16,17)(H2,18,19,20)/t1-,2+,3-,4-,5+,6+/m1/s1/i3D,6D. The maximum atomic E-state index is 11.3. The van der Waals surface area contributed by atoms with E-state index in [0.717, 1.165) is 0 Å². The van der Waals surface area contributed by atoms with Crippen molar-refractivity contribution in [2.45, 2.75) is 36.6 Å². The second-order valence-electron chi connectivity index (χ2n) is 4.90. The Morgan fingerprint density at radius 2 is 0.857 bits per heavy atom. The topological polar surface area (TPSA) is 308 Å². The fraction of sp³-hybridized carbons (Fsp3) is 1.00. The Labute approximate surface area is 157 Å². The fourth-order valence-corrected chi connectivity index (χ4v) is 3.89. The first kappa shape index (κ1) is 23.0. The van der Waals surface area contributed by atoms with Crippen LogP contribution in [0.2, 0.25) is 0 Å². The number of aliphatic hydroxyl groups excluding tert-OH is 2. The van der Waals surface area contributed by atoms with E-state index in [4.69, 9.17) is 41.9 Å². The summed E-state index contributed by atoms with van der Waals surface area (Å²) in [5, 5.41) is 20.0. The highest BCUT2D eigenvalue weighted by atomic mass is 31.2. The van der Waals surface area contributed by atoms with E-state index in [1.165, 1.54) is 0 Å². The van der Waals surface area contributed by atoms with E-state index in [0.29, 0.717) is 0 Å². The van der Waals surface area contributed by atoms with Gasteiger partial charge in [0.05, 0.1) is 2.74 Å². The van der Waals surface area contributed by atoms with Gasteiger partial charge in [0.1, 0.15) is 36.6 Å². The number of phosphoric acid groups is 4. The van der Waals surface area contributed by atoms with Crippen molar-refractivity contribution in [3.8, 4) is 0 Å². The first-order chi connectivity index (χ1) is 12.9. The lowest BCUT2D eigenvalue weighted by Gasteiger charge is -2.45. The minimum atomic E-state index is -6.04. The molecule has 0 aromatic carbocycles. The molecule has 1 fully saturated rings. The molecule has 10 N–H and O–H groups in total. The lowest BCUT2D eigenvalue weighted by atomic mass is 9.85. The zero-order valence-electron chi connectivity index (χ0n) is 14.8. The molecule has 0 radical (unpaired) electrons. The van der Waals surface area contributed by atoms with Crippen molar-refractivity contribution < 1.29 is 88.5 Å². The molecule has 0 saturated heterocycles. The largest absolute Gasteiger partial charge is 0.470 e. The molecule has 1 aliphatic carbocycles. The normalized spacial score (nSPS) is 39.4. The van der Waals surface area contributed by atoms with Crippen LogP contribution < -0.4 is 0 Å². The summed E-state index contributed by atoms with van der Waals surface area (Å²) >= 11 is 0. The highest BCUT2D eigenvalue weighted by Gasteiger charge is 2.58. The summed E-state index contributed by atoms with van der Waals surface area (Å²) in [7, 11) is -23.8. The molecular formula is C6H16O18P4. The average molecular weight is 502 g/mol.